The maximum atomic E-state index is 6.12. The van der Waals surface area contributed by atoms with E-state index >= 15 is 0 Å². The molecule has 5 heteroatoms. The molecule has 0 saturated carbocycles. The molecule has 0 unspecified atom stereocenters. The van der Waals surface area contributed by atoms with Crippen LogP contribution in [0.15, 0.2) is 79.1 Å². The maximum Gasteiger partial charge on any atom is 0.163 e. The number of hydrogen-bond donors (Lipinski definition) is 1. The molecule has 0 aliphatic heterocycles. The van der Waals surface area contributed by atoms with Gasteiger partial charge in [0.05, 0.1) is 29.7 Å². The molecule has 5 nitrogen and oxygen atoms in total. The van der Waals surface area contributed by atoms with Crippen LogP contribution in [0.5, 0.6) is 5.75 Å². The molecule has 2 N–H and O–H groups in total. The molecule has 2 heterocycles. The Labute approximate surface area is 157 Å². The highest BCUT2D eigenvalue weighted by atomic mass is 16.5. The van der Waals surface area contributed by atoms with Gasteiger partial charge in [0, 0.05) is 23.5 Å². The first-order chi connectivity index (χ1) is 13.3. The van der Waals surface area contributed by atoms with Crippen molar-refractivity contribution in [2.75, 3.05) is 12.8 Å². The summed E-state index contributed by atoms with van der Waals surface area (Å²) in [6.07, 6.45) is 3.47. The summed E-state index contributed by atoms with van der Waals surface area (Å²) in [4.78, 5) is 13.6. The highest BCUT2D eigenvalue weighted by Gasteiger charge is 2.17. The van der Waals surface area contributed by atoms with Crippen LogP contribution < -0.4 is 10.5 Å². The summed E-state index contributed by atoms with van der Waals surface area (Å²) in [6, 6.07) is 21.3. The van der Waals surface area contributed by atoms with Crippen LogP contribution in [0.3, 0.4) is 0 Å². The van der Waals surface area contributed by atoms with Gasteiger partial charge < -0.3 is 10.5 Å². The van der Waals surface area contributed by atoms with Gasteiger partial charge in [-0.1, -0.05) is 36.4 Å². The van der Waals surface area contributed by atoms with Gasteiger partial charge in [0.2, 0.25) is 0 Å². The minimum absolute atomic E-state index is 0.588. The smallest absolute Gasteiger partial charge is 0.163 e. The number of para-hydroxylation sites is 1. The Morgan fingerprint density at radius 2 is 1.59 bits per heavy atom. The Balaban J connectivity index is 1.86. The molecule has 2 aromatic carbocycles. The number of aromatic nitrogens is 3. The molecule has 0 saturated heterocycles. The molecule has 0 spiro atoms. The van der Waals surface area contributed by atoms with Crippen LogP contribution in [0, 0.1) is 0 Å². The third kappa shape index (κ3) is 3.22. The first-order valence-corrected chi connectivity index (χ1v) is 8.54. The molecule has 0 aliphatic rings. The fraction of sp³-hybridized carbons (Fsp3) is 0.0455. The van der Waals surface area contributed by atoms with E-state index in [1.807, 2.05) is 66.7 Å². The van der Waals surface area contributed by atoms with Crippen LogP contribution in [0.4, 0.5) is 5.69 Å². The van der Waals surface area contributed by atoms with Crippen LogP contribution in [0.25, 0.3) is 33.9 Å². The Kier molecular flexibility index (Phi) is 4.49. The van der Waals surface area contributed by atoms with Crippen molar-refractivity contribution in [1.82, 2.24) is 15.0 Å². The molecule has 0 fully saturated rings. The molecule has 0 aliphatic carbocycles. The second-order valence-electron chi connectivity index (χ2n) is 5.96. The number of anilines is 1. The zero-order chi connectivity index (χ0) is 18.6. The third-order valence-electron chi connectivity index (χ3n) is 4.28. The standard InChI is InChI=1S/C22H18N4O/c1-27-21-16(20-18(23)11-6-13-24-20)9-5-10-17(21)22-25-14-12-19(26-22)15-7-3-2-4-8-15/h2-14H,23H2,1H3. The minimum Gasteiger partial charge on any atom is -0.495 e. The molecular weight excluding hydrogens is 336 g/mol. The summed E-state index contributed by atoms with van der Waals surface area (Å²) in [5.74, 6) is 1.23. The van der Waals surface area contributed by atoms with Crippen molar-refractivity contribution in [2.24, 2.45) is 0 Å². The summed E-state index contributed by atoms with van der Waals surface area (Å²) in [7, 11) is 1.63. The normalized spacial score (nSPS) is 10.6. The first-order valence-electron chi connectivity index (χ1n) is 8.54. The van der Waals surface area contributed by atoms with Crippen molar-refractivity contribution in [2.45, 2.75) is 0 Å². The number of nitrogens with zero attached hydrogens (tertiary/aromatic N) is 3. The lowest BCUT2D eigenvalue weighted by molar-refractivity contribution is 0.417. The maximum absolute atomic E-state index is 6.12. The lowest BCUT2D eigenvalue weighted by Crippen LogP contribution is -1.99. The van der Waals surface area contributed by atoms with Gasteiger partial charge >= 0.3 is 0 Å². The zero-order valence-electron chi connectivity index (χ0n) is 14.8. The summed E-state index contributed by atoms with van der Waals surface area (Å²) >= 11 is 0. The van der Waals surface area contributed by atoms with Crippen molar-refractivity contribution in [1.29, 1.82) is 0 Å². The van der Waals surface area contributed by atoms with Crippen molar-refractivity contribution in [3.05, 3.63) is 79.1 Å². The highest BCUT2D eigenvalue weighted by Crippen LogP contribution is 2.38. The number of ether oxygens (including phenoxy) is 1. The van der Waals surface area contributed by atoms with Crippen LogP contribution in [-0.4, -0.2) is 22.1 Å². The van der Waals surface area contributed by atoms with E-state index in [2.05, 4.69) is 9.97 Å². The van der Waals surface area contributed by atoms with Gasteiger partial charge in [-0.05, 0) is 30.3 Å². The van der Waals surface area contributed by atoms with Gasteiger partial charge in [-0.3, -0.25) is 4.98 Å². The van der Waals surface area contributed by atoms with E-state index in [1.54, 1.807) is 19.5 Å². The van der Waals surface area contributed by atoms with Crippen molar-refractivity contribution in [3.8, 4) is 39.7 Å². The van der Waals surface area contributed by atoms with Crippen molar-refractivity contribution >= 4 is 5.69 Å². The lowest BCUT2D eigenvalue weighted by Gasteiger charge is -2.14. The van der Waals surface area contributed by atoms with E-state index in [-0.39, 0.29) is 0 Å². The number of methoxy groups -OCH3 is 1. The number of benzene rings is 2. The van der Waals surface area contributed by atoms with Crippen LogP contribution in [-0.2, 0) is 0 Å². The predicted molar refractivity (Wildman–Crippen MR) is 107 cm³/mol. The number of nitrogen functional groups attached to an aromatic ring is 1. The van der Waals surface area contributed by atoms with Gasteiger partial charge in [-0.2, -0.15) is 0 Å². The summed E-state index contributed by atoms with van der Waals surface area (Å²) in [5.41, 5.74) is 10.9. The van der Waals surface area contributed by atoms with E-state index in [0.717, 1.165) is 22.4 Å². The van der Waals surface area contributed by atoms with Gasteiger partial charge in [-0.25, -0.2) is 9.97 Å². The minimum atomic E-state index is 0.588. The van der Waals surface area contributed by atoms with E-state index in [4.69, 9.17) is 15.5 Å². The molecule has 0 amide bonds. The van der Waals surface area contributed by atoms with Gasteiger partial charge in [0.25, 0.3) is 0 Å². The molecule has 0 atom stereocenters. The van der Waals surface area contributed by atoms with Gasteiger partial charge in [-0.15, -0.1) is 0 Å². The number of rotatable bonds is 4. The lowest BCUT2D eigenvalue weighted by atomic mass is 10.0. The molecular formula is C22H18N4O. The largest absolute Gasteiger partial charge is 0.495 e. The quantitative estimate of drug-likeness (QED) is 0.585. The van der Waals surface area contributed by atoms with E-state index < -0.39 is 0 Å². The Bertz CT molecular complexity index is 1080. The van der Waals surface area contributed by atoms with Crippen molar-refractivity contribution in [3.63, 3.8) is 0 Å². The second-order valence-corrected chi connectivity index (χ2v) is 5.96. The average molecular weight is 354 g/mol. The second kappa shape index (κ2) is 7.25. The summed E-state index contributed by atoms with van der Waals surface area (Å²) < 4.78 is 5.71. The van der Waals surface area contributed by atoms with Crippen LogP contribution in [0.2, 0.25) is 0 Å². The summed E-state index contributed by atoms with van der Waals surface area (Å²) in [5, 5.41) is 0. The van der Waals surface area contributed by atoms with E-state index in [1.165, 1.54) is 0 Å². The van der Waals surface area contributed by atoms with Crippen LogP contribution in [0.1, 0.15) is 0 Å². The van der Waals surface area contributed by atoms with Crippen LogP contribution >= 0.6 is 0 Å². The van der Waals surface area contributed by atoms with Gasteiger partial charge in [0.1, 0.15) is 5.75 Å². The molecule has 0 radical (unpaired) electrons. The van der Waals surface area contributed by atoms with E-state index in [9.17, 15) is 0 Å². The number of hydrogen-bond acceptors (Lipinski definition) is 5. The Morgan fingerprint density at radius 1 is 0.778 bits per heavy atom. The number of pyridine rings is 1. The highest BCUT2D eigenvalue weighted by molar-refractivity contribution is 5.83. The average Bonchev–Trinajstić information content (AvgIpc) is 2.74. The Hall–Kier alpha value is -3.73. The molecule has 4 aromatic rings. The third-order valence-corrected chi connectivity index (χ3v) is 4.28. The molecule has 2 aromatic heterocycles. The fourth-order valence-corrected chi connectivity index (χ4v) is 3.02. The molecule has 132 valence electrons. The van der Waals surface area contributed by atoms with E-state index in [0.29, 0.717) is 23.0 Å². The number of nitrogens with two attached hydrogens (primary N) is 1. The monoisotopic (exact) mass is 354 g/mol. The van der Waals surface area contributed by atoms with Crippen molar-refractivity contribution < 1.29 is 4.74 Å². The predicted octanol–water partition coefficient (Wildman–Crippen LogP) is 4.46. The summed E-state index contributed by atoms with van der Waals surface area (Å²) in [6.45, 7) is 0. The fourth-order valence-electron chi connectivity index (χ4n) is 3.02. The Morgan fingerprint density at radius 3 is 2.37 bits per heavy atom. The molecule has 4 rings (SSSR count). The SMILES string of the molecule is COc1c(-c2nccc(-c3ccccc3)n2)cccc1-c1ncccc1N. The zero-order valence-corrected chi connectivity index (χ0v) is 14.8. The van der Waals surface area contributed by atoms with Gasteiger partial charge in [0.15, 0.2) is 5.82 Å². The molecule has 27 heavy (non-hydrogen) atoms. The first kappa shape index (κ1) is 16.7. The topological polar surface area (TPSA) is 73.9 Å². The molecule has 0 bridgehead atoms.